The van der Waals surface area contributed by atoms with E-state index < -0.39 is 0 Å². The zero-order valence-electron chi connectivity index (χ0n) is 14.3. The summed E-state index contributed by atoms with van der Waals surface area (Å²) in [7, 11) is 0. The summed E-state index contributed by atoms with van der Waals surface area (Å²) >= 11 is 1.30. The molecule has 0 saturated heterocycles. The minimum absolute atomic E-state index is 0.00787. The molecule has 1 aromatic heterocycles. The van der Waals surface area contributed by atoms with Crippen LogP contribution >= 0.6 is 11.3 Å². The van der Waals surface area contributed by atoms with E-state index in [0.29, 0.717) is 21.1 Å². The van der Waals surface area contributed by atoms with E-state index in [0.717, 1.165) is 16.8 Å². The van der Waals surface area contributed by atoms with Crippen LogP contribution in [0.15, 0.2) is 48.7 Å². The van der Waals surface area contributed by atoms with E-state index in [1.165, 1.54) is 18.3 Å². The molecule has 0 aliphatic heterocycles. The number of hydrogen-bond acceptors (Lipinski definition) is 5. The topological polar surface area (TPSA) is 59.1 Å². The predicted octanol–water partition coefficient (Wildman–Crippen LogP) is 4.94. The Hall–Kier alpha value is -2.79. The number of anilines is 2. The van der Waals surface area contributed by atoms with Gasteiger partial charge in [-0.2, -0.15) is 0 Å². The van der Waals surface area contributed by atoms with Gasteiger partial charge in [-0.15, -0.1) is 0 Å². The van der Waals surface area contributed by atoms with Crippen molar-refractivity contribution in [3.05, 3.63) is 75.8 Å². The summed E-state index contributed by atoms with van der Waals surface area (Å²) in [5.74, 6) is -0.0194. The van der Waals surface area contributed by atoms with Crippen molar-refractivity contribution in [3.63, 3.8) is 0 Å². The second-order valence-electron chi connectivity index (χ2n) is 5.94. The first-order valence-electron chi connectivity index (χ1n) is 7.90. The van der Waals surface area contributed by atoms with Crippen LogP contribution in [0.3, 0.4) is 0 Å². The molecule has 0 aliphatic rings. The fourth-order valence-corrected chi connectivity index (χ4v) is 3.37. The first-order chi connectivity index (χ1) is 11.9. The monoisotopic (exact) mass is 350 g/mol. The van der Waals surface area contributed by atoms with Gasteiger partial charge in [-0.05, 0) is 38.5 Å². The molecule has 0 radical (unpaired) electrons. The van der Waals surface area contributed by atoms with Crippen molar-refractivity contribution in [2.45, 2.75) is 20.8 Å². The highest BCUT2D eigenvalue weighted by Crippen LogP contribution is 2.26. The Morgan fingerprint density at radius 2 is 1.88 bits per heavy atom. The molecule has 0 amide bonds. The molecule has 0 atom stereocenters. The molecular weight excluding hydrogens is 332 g/mol. The van der Waals surface area contributed by atoms with E-state index in [2.05, 4.69) is 10.3 Å². The van der Waals surface area contributed by atoms with Gasteiger partial charge in [0.05, 0.1) is 11.1 Å². The zero-order valence-corrected chi connectivity index (χ0v) is 15.1. The van der Waals surface area contributed by atoms with E-state index >= 15 is 0 Å². The summed E-state index contributed by atoms with van der Waals surface area (Å²) in [5, 5.41) is 3.77. The van der Waals surface area contributed by atoms with Crippen LogP contribution in [0.25, 0.3) is 0 Å². The Morgan fingerprint density at radius 3 is 2.60 bits per heavy atom. The normalized spacial score (nSPS) is 10.5. The number of aryl methyl sites for hydroxylation is 2. The quantitative estimate of drug-likeness (QED) is 0.662. The average molecular weight is 350 g/mol. The van der Waals surface area contributed by atoms with E-state index in [1.807, 2.05) is 44.2 Å². The summed E-state index contributed by atoms with van der Waals surface area (Å²) in [6.07, 6.45) is 1.59. The average Bonchev–Trinajstić information content (AvgIpc) is 3.03. The number of carbonyl (C=O) groups excluding carboxylic acids is 2. The van der Waals surface area contributed by atoms with E-state index in [-0.39, 0.29) is 11.6 Å². The number of benzene rings is 2. The van der Waals surface area contributed by atoms with Crippen LogP contribution in [0.1, 0.15) is 43.6 Å². The molecule has 0 bridgehead atoms. The van der Waals surface area contributed by atoms with Crippen molar-refractivity contribution in [1.82, 2.24) is 4.98 Å². The van der Waals surface area contributed by atoms with Gasteiger partial charge in [-0.3, -0.25) is 9.59 Å². The Bertz CT molecular complexity index is 960. The maximum absolute atomic E-state index is 12.7. The van der Waals surface area contributed by atoms with Crippen molar-refractivity contribution in [3.8, 4) is 0 Å². The lowest BCUT2D eigenvalue weighted by molar-refractivity contribution is 0.101. The first-order valence-corrected chi connectivity index (χ1v) is 8.71. The van der Waals surface area contributed by atoms with Gasteiger partial charge >= 0.3 is 0 Å². The molecular formula is C20H18N2O2S. The fraction of sp³-hybridized carbons (Fsp3) is 0.150. The van der Waals surface area contributed by atoms with Crippen LogP contribution in [0, 0.1) is 13.8 Å². The minimum atomic E-state index is -0.0273. The number of Topliss-reactive ketones (excluding diaryl/α,β-unsaturated/α-hetero) is 1. The minimum Gasteiger partial charge on any atom is -0.332 e. The Labute approximate surface area is 150 Å². The van der Waals surface area contributed by atoms with Crippen molar-refractivity contribution >= 4 is 33.7 Å². The molecule has 0 spiro atoms. The molecule has 126 valence electrons. The number of aromatic nitrogens is 1. The molecule has 0 unspecified atom stereocenters. The van der Waals surface area contributed by atoms with Crippen LogP contribution in [0.4, 0.5) is 10.8 Å². The molecule has 1 N–H and O–H groups in total. The maximum Gasteiger partial charge on any atom is 0.204 e. The predicted molar refractivity (Wildman–Crippen MR) is 101 cm³/mol. The number of nitrogens with one attached hydrogen (secondary N) is 1. The van der Waals surface area contributed by atoms with E-state index in [4.69, 9.17) is 0 Å². The molecule has 0 aliphatic carbocycles. The number of hydrogen-bond donors (Lipinski definition) is 1. The SMILES string of the molecule is CC(=O)c1cccc(Nc2ncc(C(=O)c3ccc(C)cc3C)s2)c1. The molecule has 2 aromatic carbocycles. The van der Waals surface area contributed by atoms with Gasteiger partial charge in [0.15, 0.2) is 10.9 Å². The molecule has 4 nitrogen and oxygen atoms in total. The number of thiazole rings is 1. The summed E-state index contributed by atoms with van der Waals surface area (Å²) in [6, 6.07) is 13.0. The maximum atomic E-state index is 12.7. The van der Waals surface area contributed by atoms with E-state index in [1.54, 1.807) is 18.3 Å². The lowest BCUT2D eigenvalue weighted by Crippen LogP contribution is -2.01. The summed E-state index contributed by atoms with van der Waals surface area (Å²) in [4.78, 5) is 29.0. The van der Waals surface area contributed by atoms with Crippen LogP contribution in [-0.4, -0.2) is 16.6 Å². The van der Waals surface area contributed by atoms with Crippen LogP contribution < -0.4 is 5.32 Å². The van der Waals surface area contributed by atoms with Crippen molar-refractivity contribution in [2.24, 2.45) is 0 Å². The fourth-order valence-electron chi connectivity index (χ4n) is 2.58. The molecule has 0 saturated carbocycles. The second kappa shape index (κ2) is 6.99. The molecule has 3 aromatic rings. The van der Waals surface area contributed by atoms with Crippen molar-refractivity contribution < 1.29 is 9.59 Å². The van der Waals surface area contributed by atoms with Crippen LogP contribution in [0.2, 0.25) is 0 Å². The molecule has 3 rings (SSSR count). The van der Waals surface area contributed by atoms with Gasteiger partial charge in [0, 0.05) is 16.8 Å². The van der Waals surface area contributed by atoms with Crippen molar-refractivity contribution in [2.75, 3.05) is 5.32 Å². The summed E-state index contributed by atoms with van der Waals surface area (Å²) in [6.45, 7) is 5.47. The smallest absolute Gasteiger partial charge is 0.204 e. The highest BCUT2D eigenvalue weighted by Gasteiger charge is 2.15. The summed E-state index contributed by atoms with van der Waals surface area (Å²) < 4.78 is 0. The second-order valence-corrected chi connectivity index (χ2v) is 6.97. The van der Waals surface area contributed by atoms with Crippen molar-refractivity contribution in [1.29, 1.82) is 0 Å². The number of carbonyl (C=O) groups is 2. The molecule has 1 heterocycles. The van der Waals surface area contributed by atoms with Gasteiger partial charge in [0.2, 0.25) is 5.78 Å². The lowest BCUT2D eigenvalue weighted by Gasteiger charge is -2.04. The highest BCUT2D eigenvalue weighted by molar-refractivity contribution is 7.17. The Balaban J connectivity index is 1.81. The number of nitrogens with zero attached hydrogens (tertiary/aromatic N) is 1. The van der Waals surface area contributed by atoms with Gasteiger partial charge in [0.25, 0.3) is 0 Å². The van der Waals surface area contributed by atoms with Gasteiger partial charge in [-0.1, -0.05) is 47.2 Å². The standard InChI is InChI=1S/C20H18N2O2S/c1-12-7-8-17(13(2)9-12)19(24)18-11-21-20(25-18)22-16-6-4-5-15(10-16)14(3)23/h4-11H,1-3H3,(H,21,22). The number of rotatable bonds is 5. The lowest BCUT2D eigenvalue weighted by atomic mass is 10.0. The van der Waals surface area contributed by atoms with Gasteiger partial charge < -0.3 is 5.32 Å². The van der Waals surface area contributed by atoms with Gasteiger partial charge in [-0.25, -0.2) is 4.98 Å². The van der Waals surface area contributed by atoms with Gasteiger partial charge in [0.1, 0.15) is 0 Å². The third-order valence-electron chi connectivity index (χ3n) is 3.88. The van der Waals surface area contributed by atoms with E-state index in [9.17, 15) is 9.59 Å². The molecule has 5 heteroatoms. The highest BCUT2D eigenvalue weighted by atomic mass is 32.1. The molecule has 25 heavy (non-hydrogen) atoms. The third-order valence-corrected chi connectivity index (χ3v) is 4.79. The van der Waals surface area contributed by atoms with Crippen LogP contribution in [-0.2, 0) is 0 Å². The van der Waals surface area contributed by atoms with Crippen LogP contribution in [0.5, 0.6) is 0 Å². The zero-order chi connectivity index (χ0) is 18.0. The Morgan fingerprint density at radius 1 is 1.08 bits per heavy atom. The molecule has 0 fully saturated rings. The first kappa shape index (κ1) is 17.0. The Kier molecular flexibility index (Phi) is 4.76. The number of ketones is 2. The summed E-state index contributed by atoms with van der Waals surface area (Å²) in [5.41, 5.74) is 4.19. The third kappa shape index (κ3) is 3.83. The largest absolute Gasteiger partial charge is 0.332 e.